The number of nitrogens with one attached hydrogen (secondary N) is 2. The van der Waals surface area contributed by atoms with E-state index in [2.05, 4.69) is 20.5 Å². The van der Waals surface area contributed by atoms with Gasteiger partial charge in [-0.2, -0.15) is 0 Å². The zero-order valence-electron chi connectivity index (χ0n) is 28.3. The molecule has 13 heteroatoms. The molecule has 2 atom stereocenters. The minimum absolute atomic E-state index is 0.0593. The Morgan fingerprint density at radius 2 is 1.82 bits per heavy atom. The third-order valence-electron chi connectivity index (χ3n) is 10.5. The Bertz CT molecular complexity index is 1790. The second-order valence-corrected chi connectivity index (χ2v) is 14.0. The van der Waals surface area contributed by atoms with Crippen molar-refractivity contribution in [1.82, 2.24) is 19.8 Å². The van der Waals surface area contributed by atoms with Gasteiger partial charge in [0, 0.05) is 66.9 Å². The van der Waals surface area contributed by atoms with Crippen LogP contribution >= 0.6 is 11.6 Å². The quantitative estimate of drug-likeness (QED) is 0.305. The number of methoxy groups -OCH3 is 1. The van der Waals surface area contributed by atoms with E-state index < -0.39 is 17.9 Å². The van der Waals surface area contributed by atoms with Gasteiger partial charge in [0.2, 0.25) is 11.8 Å². The van der Waals surface area contributed by atoms with Gasteiger partial charge < -0.3 is 19.5 Å². The first-order chi connectivity index (χ1) is 23.3. The highest BCUT2D eigenvalue weighted by atomic mass is 35.5. The number of hydrogen-bond donors (Lipinski definition) is 2. The lowest BCUT2D eigenvalue weighted by Crippen LogP contribution is -2.52. The summed E-state index contributed by atoms with van der Waals surface area (Å²) in [6.07, 6.45) is 5.95. The molecule has 6 rings (SSSR count). The third-order valence-corrected chi connectivity index (χ3v) is 10.9. The minimum Gasteiger partial charge on any atom is -0.496 e. The molecule has 2 unspecified atom stereocenters. The molecule has 5 heterocycles. The molecule has 262 valence electrons. The molecule has 0 spiro atoms. The Morgan fingerprint density at radius 1 is 1.06 bits per heavy atom. The van der Waals surface area contributed by atoms with Crippen molar-refractivity contribution in [3.8, 4) is 16.9 Å². The fourth-order valence-corrected chi connectivity index (χ4v) is 7.83. The van der Waals surface area contributed by atoms with Crippen molar-refractivity contribution in [2.24, 2.45) is 18.9 Å². The number of nitrogens with zero attached hydrogens (tertiary/aromatic N) is 4. The van der Waals surface area contributed by atoms with Crippen LogP contribution in [0.4, 0.5) is 20.3 Å². The standard InChI is InChI=1S/C36H43ClF2N6O4/c1-21-22(2)35(48)43(3)18-26(21)24-15-29(37)27(31(16-24)49-4)19-44-12-11-28(36(38,39)20-44)23-9-13-45(14-10-23)25-5-7-32(40-17-25)41-30-6-8-33(46)42-34(30)47/h5,7,15-18,23,28,30H,6,8-14,19-20H2,1-4H3,(H,40,41)(H,42,46,47). The molecule has 3 saturated heterocycles. The van der Waals surface area contributed by atoms with Gasteiger partial charge in [-0.1, -0.05) is 11.6 Å². The van der Waals surface area contributed by atoms with Crippen molar-refractivity contribution in [2.75, 3.05) is 43.5 Å². The number of pyridine rings is 2. The third kappa shape index (κ3) is 7.30. The zero-order chi connectivity index (χ0) is 35.0. The van der Waals surface area contributed by atoms with Crippen molar-refractivity contribution in [1.29, 1.82) is 0 Å². The van der Waals surface area contributed by atoms with E-state index in [1.807, 2.05) is 25.1 Å². The van der Waals surface area contributed by atoms with Crippen LogP contribution in [0, 0.1) is 25.7 Å². The van der Waals surface area contributed by atoms with Gasteiger partial charge in [0.25, 0.3) is 11.5 Å². The Balaban J connectivity index is 1.06. The van der Waals surface area contributed by atoms with Crippen LogP contribution in [-0.4, -0.2) is 71.5 Å². The van der Waals surface area contributed by atoms with Gasteiger partial charge in [0.05, 0.1) is 25.5 Å². The normalized spacial score (nSPS) is 21.8. The molecule has 3 fully saturated rings. The summed E-state index contributed by atoms with van der Waals surface area (Å²) < 4.78 is 38.9. The highest BCUT2D eigenvalue weighted by Crippen LogP contribution is 2.43. The number of carbonyl (C=O) groups is 2. The first kappa shape index (κ1) is 34.8. The Hall–Kier alpha value is -4.03. The van der Waals surface area contributed by atoms with Gasteiger partial charge in [-0.25, -0.2) is 13.8 Å². The maximum Gasteiger partial charge on any atom is 0.263 e. The van der Waals surface area contributed by atoms with E-state index in [4.69, 9.17) is 16.3 Å². The van der Waals surface area contributed by atoms with E-state index in [0.717, 1.165) is 22.4 Å². The molecule has 3 aliphatic heterocycles. The molecule has 2 N–H and O–H groups in total. The summed E-state index contributed by atoms with van der Waals surface area (Å²) >= 11 is 6.79. The van der Waals surface area contributed by atoms with Crippen molar-refractivity contribution < 1.29 is 23.1 Å². The molecule has 0 bridgehead atoms. The van der Waals surface area contributed by atoms with Crippen molar-refractivity contribution in [3.05, 3.63) is 68.7 Å². The van der Waals surface area contributed by atoms with E-state index in [1.54, 1.807) is 49.0 Å². The SMILES string of the molecule is COc1cc(-c2cn(C)c(=O)c(C)c2C)cc(Cl)c1CN1CCC(C2CCN(c3ccc(NC4CCC(=O)NC4=O)nc3)CC2)C(F)(F)C1. The number of carbonyl (C=O) groups excluding carboxylic acids is 2. The van der Waals surface area contributed by atoms with Crippen LogP contribution in [0.15, 0.2) is 41.5 Å². The maximum atomic E-state index is 15.8. The maximum absolute atomic E-state index is 15.8. The smallest absolute Gasteiger partial charge is 0.263 e. The fraction of sp³-hybridized carbons (Fsp3) is 0.500. The summed E-state index contributed by atoms with van der Waals surface area (Å²) in [5, 5.41) is 5.85. The molecular weight excluding hydrogens is 654 g/mol. The van der Waals surface area contributed by atoms with E-state index in [-0.39, 0.29) is 42.8 Å². The van der Waals surface area contributed by atoms with Crippen LogP contribution in [0.1, 0.15) is 48.8 Å². The second-order valence-electron chi connectivity index (χ2n) is 13.6. The van der Waals surface area contributed by atoms with Crippen molar-refractivity contribution in [3.63, 3.8) is 0 Å². The number of aryl methyl sites for hydroxylation is 1. The van der Waals surface area contributed by atoms with Crippen LogP contribution < -0.4 is 25.8 Å². The number of ether oxygens (including phenoxy) is 1. The molecule has 1 aromatic carbocycles. The number of piperidine rings is 3. The monoisotopic (exact) mass is 696 g/mol. The summed E-state index contributed by atoms with van der Waals surface area (Å²) in [6.45, 7) is 5.46. The molecular formula is C36H43ClF2N6O4. The molecule has 0 aliphatic carbocycles. The predicted octanol–water partition coefficient (Wildman–Crippen LogP) is 5.32. The predicted molar refractivity (Wildman–Crippen MR) is 185 cm³/mol. The number of imide groups is 1. The van der Waals surface area contributed by atoms with Crippen LogP contribution in [0.5, 0.6) is 5.75 Å². The molecule has 2 aromatic heterocycles. The number of hydrogen-bond acceptors (Lipinski definition) is 8. The number of likely N-dealkylation sites (tertiary alicyclic amines) is 1. The first-order valence-electron chi connectivity index (χ1n) is 16.8. The fourth-order valence-electron chi connectivity index (χ4n) is 7.56. The van der Waals surface area contributed by atoms with Crippen LogP contribution in [0.3, 0.4) is 0 Å². The average Bonchev–Trinajstić information content (AvgIpc) is 3.07. The molecule has 49 heavy (non-hydrogen) atoms. The molecule has 0 radical (unpaired) electrons. The van der Waals surface area contributed by atoms with Crippen molar-refractivity contribution >= 4 is 34.9 Å². The highest BCUT2D eigenvalue weighted by Gasteiger charge is 2.48. The Labute approximate surface area is 289 Å². The highest BCUT2D eigenvalue weighted by molar-refractivity contribution is 6.32. The van der Waals surface area contributed by atoms with Gasteiger partial charge in [0.1, 0.15) is 17.6 Å². The summed E-state index contributed by atoms with van der Waals surface area (Å²) in [5.41, 5.74) is 4.69. The van der Waals surface area contributed by atoms with Crippen LogP contribution in [-0.2, 0) is 23.2 Å². The second kappa shape index (κ2) is 14.1. The number of benzene rings is 1. The Morgan fingerprint density at radius 3 is 2.47 bits per heavy atom. The summed E-state index contributed by atoms with van der Waals surface area (Å²) in [4.78, 5) is 44.2. The number of amides is 2. The average molecular weight is 697 g/mol. The minimum atomic E-state index is -2.85. The summed E-state index contributed by atoms with van der Waals surface area (Å²) in [5.74, 6) is -3.17. The number of rotatable bonds is 8. The van der Waals surface area contributed by atoms with Crippen molar-refractivity contribution in [2.45, 2.75) is 64.5 Å². The van der Waals surface area contributed by atoms with Crippen LogP contribution in [0.2, 0.25) is 5.02 Å². The van der Waals surface area contributed by atoms with E-state index in [1.165, 1.54) is 0 Å². The van der Waals surface area contributed by atoms with E-state index >= 15 is 8.78 Å². The molecule has 2 amide bonds. The molecule has 3 aliphatic rings. The van der Waals surface area contributed by atoms with E-state index in [9.17, 15) is 14.4 Å². The lowest BCUT2D eigenvalue weighted by Gasteiger charge is -2.44. The first-order valence-corrected chi connectivity index (χ1v) is 17.2. The topological polar surface area (TPSA) is 109 Å². The van der Waals surface area contributed by atoms with Gasteiger partial charge in [-0.05, 0) is 87.4 Å². The number of halogens is 3. The number of alkyl halides is 2. The van der Waals surface area contributed by atoms with Gasteiger partial charge in [-0.15, -0.1) is 0 Å². The van der Waals surface area contributed by atoms with Gasteiger partial charge in [0.15, 0.2) is 0 Å². The van der Waals surface area contributed by atoms with Crippen LogP contribution in [0.25, 0.3) is 11.1 Å². The van der Waals surface area contributed by atoms with E-state index in [0.29, 0.717) is 73.0 Å². The van der Waals surface area contributed by atoms with Gasteiger partial charge in [-0.3, -0.25) is 24.6 Å². The Kier molecular flexibility index (Phi) is 10.00. The molecule has 3 aromatic rings. The zero-order valence-corrected chi connectivity index (χ0v) is 29.1. The molecule has 0 saturated carbocycles. The summed E-state index contributed by atoms with van der Waals surface area (Å²) in [7, 11) is 3.26. The van der Waals surface area contributed by atoms with Gasteiger partial charge >= 0.3 is 0 Å². The lowest BCUT2D eigenvalue weighted by molar-refractivity contribution is -0.134. The summed E-state index contributed by atoms with van der Waals surface area (Å²) in [6, 6.07) is 6.90. The number of aromatic nitrogens is 2. The molecule has 10 nitrogen and oxygen atoms in total. The number of anilines is 2. The largest absolute Gasteiger partial charge is 0.496 e. The lowest BCUT2D eigenvalue weighted by atomic mass is 9.76.